The minimum Gasteiger partial charge on any atom is -0.394 e. The monoisotopic (exact) mass is 283 g/mol. The van der Waals surface area contributed by atoms with Crippen LogP contribution in [0.1, 0.15) is 39.2 Å². The first-order valence-corrected chi connectivity index (χ1v) is 6.69. The molecule has 0 saturated heterocycles. The van der Waals surface area contributed by atoms with Gasteiger partial charge in [-0.1, -0.05) is 42.5 Å². The van der Waals surface area contributed by atoms with Crippen LogP contribution in [-0.4, -0.2) is 23.4 Å². The predicted molar refractivity (Wildman–Crippen MR) is 80.2 cm³/mol. The van der Waals surface area contributed by atoms with E-state index < -0.39 is 6.04 Å². The van der Waals surface area contributed by atoms with Crippen molar-refractivity contribution in [3.8, 4) is 0 Å². The molecule has 1 amide bonds. The molecule has 0 aliphatic rings. The quantitative estimate of drug-likeness (QED) is 0.828. The van der Waals surface area contributed by atoms with Crippen molar-refractivity contribution in [3.63, 3.8) is 0 Å². The van der Waals surface area contributed by atoms with E-state index >= 15 is 0 Å². The summed E-state index contributed by atoms with van der Waals surface area (Å²) in [5.41, 5.74) is 1.86. The van der Waals surface area contributed by atoms with Crippen molar-refractivity contribution in [2.24, 2.45) is 0 Å². The van der Waals surface area contributed by atoms with E-state index in [9.17, 15) is 14.7 Å². The highest BCUT2D eigenvalue weighted by Gasteiger charge is 2.14. The zero-order chi connectivity index (χ0) is 15.2. The van der Waals surface area contributed by atoms with Crippen LogP contribution in [0.3, 0.4) is 0 Å². The molecular formula is C17H17NO3. The second-order valence-electron chi connectivity index (χ2n) is 4.75. The average molecular weight is 283 g/mol. The second-order valence-corrected chi connectivity index (χ2v) is 4.75. The smallest absolute Gasteiger partial charge is 0.251 e. The van der Waals surface area contributed by atoms with E-state index in [2.05, 4.69) is 5.32 Å². The van der Waals surface area contributed by atoms with Crippen LogP contribution in [0.2, 0.25) is 0 Å². The maximum atomic E-state index is 12.2. The van der Waals surface area contributed by atoms with Crippen molar-refractivity contribution in [1.29, 1.82) is 0 Å². The van der Waals surface area contributed by atoms with E-state index in [0.29, 0.717) is 11.1 Å². The number of aliphatic hydroxyl groups is 1. The fourth-order valence-electron chi connectivity index (χ4n) is 2.02. The molecule has 0 saturated carbocycles. The normalized spacial score (nSPS) is 11.7. The van der Waals surface area contributed by atoms with Gasteiger partial charge < -0.3 is 10.4 Å². The standard InChI is InChI=1S/C17H17NO3/c1-12(20)13-7-9-15(10-8-13)17(21)18-16(11-19)14-5-3-2-4-6-14/h2-10,16,19H,11H2,1H3,(H,18,21). The van der Waals surface area contributed by atoms with Gasteiger partial charge in [-0.25, -0.2) is 0 Å². The molecule has 0 aliphatic carbocycles. The van der Waals surface area contributed by atoms with Gasteiger partial charge in [-0.15, -0.1) is 0 Å². The van der Waals surface area contributed by atoms with Gasteiger partial charge in [-0.05, 0) is 24.6 Å². The Kier molecular flexibility index (Phi) is 4.85. The molecule has 1 unspecified atom stereocenters. The summed E-state index contributed by atoms with van der Waals surface area (Å²) in [5, 5.41) is 12.2. The van der Waals surface area contributed by atoms with E-state index in [-0.39, 0.29) is 18.3 Å². The Morgan fingerprint density at radius 1 is 1.00 bits per heavy atom. The van der Waals surface area contributed by atoms with Crippen molar-refractivity contribution in [1.82, 2.24) is 5.32 Å². The maximum Gasteiger partial charge on any atom is 0.251 e. The van der Waals surface area contributed by atoms with Crippen LogP contribution >= 0.6 is 0 Å². The first-order chi connectivity index (χ1) is 10.1. The largest absolute Gasteiger partial charge is 0.394 e. The van der Waals surface area contributed by atoms with Gasteiger partial charge in [0.25, 0.3) is 5.91 Å². The number of amides is 1. The molecule has 0 radical (unpaired) electrons. The average Bonchev–Trinajstić information content (AvgIpc) is 2.53. The van der Waals surface area contributed by atoms with E-state index in [1.165, 1.54) is 6.92 Å². The number of hydrogen-bond donors (Lipinski definition) is 2. The predicted octanol–water partition coefficient (Wildman–Crippen LogP) is 2.35. The van der Waals surface area contributed by atoms with Crippen molar-refractivity contribution in [3.05, 3.63) is 71.3 Å². The number of carbonyl (C=O) groups excluding carboxylic acids is 2. The minimum absolute atomic E-state index is 0.0421. The highest BCUT2D eigenvalue weighted by molar-refractivity contribution is 5.97. The minimum atomic E-state index is -0.453. The van der Waals surface area contributed by atoms with E-state index in [1.54, 1.807) is 24.3 Å². The van der Waals surface area contributed by atoms with Crippen molar-refractivity contribution in [2.45, 2.75) is 13.0 Å². The van der Waals surface area contributed by atoms with Crippen LogP contribution in [0.4, 0.5) is 0 Å². The summed E-state index contributed by atoms with van der Waals surface area (Å²) in [7, 11) is 0. The Balaban J connectivity index is 2.11. The zero-order valence-corrected chi connectivity index (χ0v) is 11.7. The summed E-state index contributed by atoms with van der Waals surface area (Å²) in [4.78, 5) is 23.4. The highest BCUT2D eigenvalue weighted by atomic mass is 16.3. The lowest BCUT2D eigenvalue weighted by atomic mass is 10.1. The van der Waals surface area contributed by atoms with E-state index in [4.69, 9.17) is 0 Å². The van der Waals surface area contributed by atoms with Crippen molar-refractivity contribution < 1.29 is 14.7 Å². The van der Waals surface area contributed by atoms with Crippen LogP contribution in [0.5, 0.6) is 0 Å². The molecule has 0 aromatic heterocycles. The van der Waals surface area contributed by atoms with Gasteiger partial charge in [0.2, 0.25) is 0 Å². The lowest BCUT2D eigenvalue weighted by molar-refractivity contribution is 0.0915. The molecule has 0 spiro atoms. The van der Waals surface area contributed by atoms with Crippen LogP contribution in [0.15, 0.2) is 54.6 Å². The van der Waals surface area contributed by atoms with Gasteiger partial charge in [0.05, 0.1) is 12.6 Å². The molecule has 2 N–H and O–H groups in total. The Hall–Kier alpha value is -2.46. The molecule has 4 heteroatoms. The Labute approximate surface area is 123 Å². The summed E-state index contributed by atoms with van der Waals surface area (Å²) in [6, 6.07) is 15.3. The molecule has 108 valence electrons. The number of ketones is 1. The molecule has 0 heterocycles. The number of benzene rings is 2. The summed E-state index contributed by atoms with van der Waals surface area (Å²) >= 11 is 0. The molecule has 4 nitrogen and oxygen atoms in total. The number of hydrogen-bond acceptors (Lipinski definition) is 3. The lowest BCUT2D eigenvalue weighted by Gasteiger charge is -2.16. The van der Waals surface area contributed by atoms with Gasteiger partial charge in [-0.2, -0.15) is 0 Å². The summed E-state index contributed by atoms with van der Waals surface area (Å²) in [6.07, 6.45) is 0. The molecule has 2 aromatic carbocycles. The highest BCUT2D eigenvalue weighted by Crippen LogP contribution is 2.13. The molecule has 0 aliphatic heterocycles. The molecule has 2 rings (SSSR count). The first kappa shape index (κ1) is 14.9. The zero-order valence-electron chi connectivity index (χ0n) is 11.7. The van der Waals surface area contributed by atoms with Crippen molar-refractivity contribution in [2.75, 3.05) is 6.61 Å². The van der Waals surface area contributed by atoms with E-state index in [0.717, 1.165) is 5.56 Å². The number of Topliss-reactive ketones (excluding diaryl/α,β-unsaturated/α-hetero) is 1. The number of nitrogens with one attached hydrogen (secondary N) is 1. The fourth-order valence-corrected chi connectivity index (χ4v) is 2.02. The van der Waals surface area contributed by atoms with Crippen LogP contribution in [0.25, 0.3) is 0 Å². The molecule has 2 aromatic rings. The molecule has 21 heavy (non-hydrogen) atoms. The van der Waals surface area contributed by atoms with Gasteiger partial charge in [0.1, 0.15) is 0 Å². The van der Waals surface area contributed by atoms with Crippen LogP contribution in [0, 0.1) is 0 Å². The lowest BCUT2D eigenvalue weighted by Crippen LogP contribution is -2.30. The molecule has 0 fully saturated rings. The Morgan fingerprint density at radius 2 is 1.57 bits per heavy atom. The number of rotatable bonds is 5. The number of carbonyl (C=O) groups is 2. The van der Waals surface area contributed by atoms with Gasteiger partial charge >= 0.3 is 0 Å². The second kappa shape index (κ2) is 6.81. The van der Waals surface area contributed by atoms with Crippen LogP contribution in [-0.2, 0) is 0 Å². The van der Waals surface area contributed by atoms with Gasteiger partial charge in [0.15, 0.2) is 5.78 Å². The molecule has 1 atom stereocenters. The maximum absolute atomic E-state index is 12.2. The third-order valence-corrected chi connectivity index (χ3v) is 3.24. The molecular weight excluding hydrogens is 266 g/mol. The van der Waals surface area contributed by atoms with Crippen molar-refractivity contribution >= 4 is 11.7 Å². The topological polar surface area (TPSA) is 66.4 Å². The fraction of sp³-hybridized carbons (Fsp3) is 0.176. The third kappa shape index (κ3) is 3.77. The Morgan fingerprint density at radius 3 is 2.10 bits per heavy atom. The molecule has 0 bridgehead atoms. The van der Waals surface area contributed by atoms with Crippen LogP contribution < -0.4 is 5.32 Å². The summed E-state index contributed by atoms with van der Waals surface area (Å²) < 4.78 is 0. The van der Waals surface area contributed by atoms with Gasteiger partial charge in [-0.3, -0.25) is 9.59 Å². The SMILES string of the molecule is CC(=O)c1ccc(C(=O)NC(CO)c2ccccc2)cc1. The summed E-state index contributed by atoms with van der Waals surface area (Å²) in [6.45, 7) is 1.30. The van der Waals surface area contributed by atoms with Gasteiger partial charge in [0, 0.05) is 11.1 Å². The third-order valence-electron chi connectivity index (χ3n) is 3.24. The van der Waals surface area contributed by atoms with E-state index in [1.807, 2.05) is 30.3 Å². The Bertz CT molecular complexity index is 620. The number of aliphatic hydroxyl groups excluding tert-OH is 1. The summed E-state index contributed by atoms with van der Waals surface area (Å²) in [5.74, 6) is -0.326. The first-order valence-electron chi connectivity index (χ1n) is 6.69.